The molecule has 1 amide bonds. The summed E-state index contributed by atoms with van der Waals surface area (Å²) in [5, 5.41) is 10.4. The Morgan fingerprint density at radius 2 is 1.77 bits per heavy atom. The van der Waals surface area contributed by atoms with Crippen LogP contribution >= 0.6 is 0 Å². The number of methoxy groups -OCH3 is 1. The van der Waals surface area contributed by atoms with Crippen molar-refractivity contribution in [3.05, 3.63) is 59.7 Å². The summed E-state index contributed by atoms with van der Waals surface area (Å²) in [5.41, 5.74) is 3.83. The molecule has 1 atom stereocenters. The van der Waals surface area contributed by atoms with Gasteiger partial charge in [-0.05, 0) is 28.7 Å². The summed E-state index contributed by atoms with van der Waals surface area (Å²) in [6.07, 6.45) is 0.129. The molecule has 2 aromatic rings. The summed E-state index contributed by atoms with van der Waals surface area (Å²) in [6, 6.07) is 16.5. The summed E-state index contributed by atoms with van der Waals surface area (Å²) in [4.78, 5) is 14.0. The Morgan fingerprint density at radius 3 is 2.38 bits per heavy atom. The van der Waals surface area contributed by atoms with Crippen LogP contribution in [-0.2, 0) is 9.47 Å². The van der Waals surface area contributed by atoms with Gasteiger partial charge in [-0.3, -0.25) is 0 Å². The van der Waals surface area contributed by atoms with Gasteiger partial charge in [0.25, 0.3) is 0 Å². The van der Waals surface area contributed by atoms with Crippen LogP contribution in [-0.4, -0.2) is 55.1 Å². The molecule has 0 saturated carbocycles. The van der Waals surface area contributed by atoms with Gasteiger partial charge in [-0.25, -0.2) is 4.79 Å². The summed E-state index contributed by atoms with van der Waals surface area (Å²) < 4.78 is 10.7. The maximum atomic E-state index is 12.5. The number of aliphatic hydroxyl groups is 1. The average molecular weight is 353 g/mol. The molecule has 0 aromatic heterocycles. The molecule has 4 rings (SSSR count). The summed E-state index contributed by atoms with van der Waals surface area (Å²) >= 11 is 0. The molecule has 1 saturated heterocycles. The van der Waals surface area contributed by atoms with Crippen molar-refractivity contribution < 1.29 is 19.4 Å². The molecule has 2 aromatic carbocycles. The minimum absolute atomic E-state index is 0.0480. The number of fused-ring (bicyclic) bond motifs is 3. The zero-order valence-electron chi connectivity index (χ0n) is 14.9. The number of likely N-dealkylation sites (tertiary alicyclic amines) is 1. The fourth-order valence-electron chi connectivity index (χ4n) is 4.08. The first-order valence-electron chi connectivity index (χ1n) is 8.92. The van der Waals surface area contributed by atoms with Crippen LogP contribution in [0.5, 0.6) is 0 Å². The molecular formula is C21H23NO4. The van der Waals surface area contributed by atoms with Gasteiger partial charge in [-0.1, -0.05) is 48.5 Å². The second-order valence-corrected chi connectivity index (χ2v) is 7.13. The molecule has 2 aliphatic rings. The highest BCUT2D eigenvalue weighted by Gasteiger charge is 2.39. The fourth-order valence-corrected chi connectivity index (χ4v) is 4.08. The van der Waals surface area contributed by atoms with Crippen molar-refractivity contribution in [1.29, 1.82) is 0 Å². The van der Waals surface area contributed by atoms with Crippen LogP contribution in [0.15, 0.2) is 48.5 Å². The van der Waals surface area contributed by atoms with Gasteiger partial charge in [0.05, 0.1) is 13.2 Å². The minimum Gasteiger partial charge on any atom is -0.448 e. The number of carbonyl (C=O) groups excluding carboxylic acids is 1. The number of rotatable bonds is 4. The molecule has 5 nitrogen and oxygen atoms in total. The monoisotopic (exact) mass is 353 g/mol. The maximum Gasteiger partial charge on any atom is 0.409 e. The standard InChI is InChI=1S/C21H23NO4/c1-25-14-21(24)10-11-22(13-21)20(23)26-12-19-17-8-4-2-6-15(17)16-7-3-5-9-18(16)19/h2-9,19,24H,10-14H2,1H3. The molecular weight excluding hydrogens is 330 g/mol. The topological polar surface area (TPSA) is 59.0 Å². The van der Waals surface area contributed by atoms with E-state index in [2.05, 4.69) is 24.3 Å². The van der Waals surface area contributed by atoms with Crippen LogP contribution < -0.4 is 0 Å². The van der Waals surface area contributed by atoms with Crippen LogP contribution in [0.25, 0.3) is 11.1 Å². The second-order valence-electron chi connectivity index (χ2n) is 7.13. The molecule has 1 heterocycles. The lowest BCUT2D eigenvalue weighted by Crippen LogP contribution is -2.39. The number of benzene rings is 2. The quantitative estimate of drug-likeness (QED) is 0.918. The number of nitrogens with zero attached hydrogens (tertiary/aromatic N) is 1. The van der Waals surface area contributed by atoms with Crippen LogP contribution in [0, 0.1) is 0 Å². The van der Waals surface area contributed by atoms with Gasteiger partial charge in [0.2, 0.25) is 0 Å². The Bertz CT molecular complexity index is 776. The van der Waals surface area contributed by atoms with Crippen molar-refractivity contribution >= 4 is 6.09 Å². The molecule has 1 aliphatic carbocycles. The first kappa shape index (κ1) is 17.1. The largest absolute Gasteiger partial charge is 0.448 e. The van der Waals surface area contributed by atoms with Crippen LogP contribution in [0.4, 0.5) is 4.79 Å². The van der Waals surface area contributed by atoms with Gasteiger partial charge in [-0.2, -0.15) is 0 Å². The Morgan fingerprint density at radius 1 is 1.15 bits per heavy atom. The van der Waals surface area contributed by atoms with Gasteiger partial charge in [0, 0.05) is 19.6 Å². The number of carbonyl (C=O) groups is 1. The number of ether oxygens (including phenoxy) is 2. The van der Waals surface area contributed by atoms with Crippen molar-refractivity contribution in [3.8, 4) is 11.1 Å². The van der Waals surface area contributed by atoms with E-state index in [0.29, 0.717) is 19.6 Å². The van der Waals surface area contributed by atoms with Gasteiger partial charge in [-0.15, -0.1) is 0 Å². The fraction of sp³-hybridized carbons (Fsp3) is 0.381. The highest BCUT2D eigenvalue weighted by molar-refractivity contribution is 5.79. The molecule has 0 spiro atoms. The van der Waals surface area contributed by atoms with E-state index in [-0.39, 0.29) is 25.2 Å². The Balaban J connectivity index is 1.46. The number of hydrogen-bond donors (Lipinski definition) is 1. The Labute approximate surface area is 153 Å². The molecule has 0 bridgehead atoms. The van der Waals surface area contributed by atoms with E-state index in [9.17, 15) is 9.90 Å². The normalized spacial score (nSPS) is 21.5. The van der Waals surface area contributed by atoms with E-state index >= 15 is 0 Å². The van der Waals surface area contributed by atoms with Gasteiger partial charge in [0.15, 0.2) is 0 Å². The van der Waals surface area contributed by atoms with Crippen molar-refractivity contribution in [2.24, 2.45) is 0 Å². The first-order valence-corrected chi connectivity index (χ1v) is 8.92. The van der Waals surface area contributed by atoms with E-state index in [1.54, 1.807) is 12.0 Å². The number of amides is 1. The van der Waals surface area contributed by atoms with Crippen LogP contribution in [0.2, 0.25) is 0 Å². The lowest BCUT2D eigenvalue weighted by molar-refractivity contribution is -0.0225. The van der Waals surface area contributed by atoms with E-state index in [1.165, 1.54) is 22.3 Å². The summed E-state index contributed by atoms with van der Waals surface area (Å²) in [5.74, 6) is 0.0480. The molecule has 1 aliphatic heterocycles. The van der Waals surface area contributed by atoms with Crippen molar-refractivity contribution in [2.75, 3.05) is 33.4 Å². The molecule has 1 unspecified atom stereocenters. The second kappa shape index (κ2) is 6.74. The van der Waals surface area contributed by atoms with E-state index in [4.69, 9.17) is 9.47 Å². The third kappa shape index (κ3) is 2.97. The zero-order valence-corrected chi connectivity index (χ0v) is 14.9. The molecule has 136 valence electrons. The predicted molar refractivity (Wildman–Crippen MR) is 98.1 cm³/mol. The molecule has 5 heteroatoms. The summed E-state index contributed by atoms with van der Waals surface area (Å²) in [6.45, 7) is 1.25. The third-order valence-electron chi connectivity index (χ3n) is 5.34. The zero-order chi connectivity index (χ0) is 18.1. The Kier molecular flexibility index (Phi) is 4.42. The molecule has 1 fully saturated rings. The van der Waals surface area contributed by atoms with Crippen molar-refractivity contribution in [1.82, 2.24) is 4.90 Å². The van der Waals surface area contributed by atoms with Crippen molar-refractivity contribution in [2.45, 2.75) is 17.9 Å². The maximum absolute atomic E-state index is 12.5. The summed E-state index contributed by atoms with van der Waals surface area (Å²) in [7, 11) is 1.55. The van der Waals surface area contributed by atoms with Crippen LogP contribution in [0.3, 0.4) is 0 Å². The van der Waals surface area contributed by atoms with E-state index in [0.717, 1.165) is 0 Å². The SMILES string of the molecule is COCC1(O)CCN(C(=O)OCC2c3ccccc3-c3ccccc32)C1. The smallest absolute Gasteiger partial charge is 0.409 e. The van der Waals surface area contributed by atoms with Crippen LogP contribution in [0.1, 0.15) is 23.5 Å². The highest BCUT2D eigenvalue weighted by Crippen LogP contribution is 2.44. The molecule has 0 radical (unpaired) electrons. The predicted octanol–water partition coefficient (Wildman–Crippen LogP) is 3.02. The average Bonchev–Trinajstić information content (AvgIpc) is 3.19. The first-order chi connectivity index (χ1) is 12.6. The number of β-amino-alcohol motifs (C(OH)–C–C–N with tert-alkyl or cyclic N) is 1. The third-order valence-corrected chi connectivity index (χ3v) is 5.34. The highest BCUT2D eigenvalue weighted by atomic mass is 16.6. The van der Waals surface area contributed by atoms with Gasteiger partial charge < -0.3 is 19.5 Å². The van der Waals surface area contributed by atoms with E-state index in [1.807, 2.05) is 24.3 Å². The molecule has 1 N–H and O–H groups in total. The van der Waals surface area contributed by atoms with Gasteiger partial charge in [0.1, 0.15) is 12.2 Å². The lowest BCUT2D eigenvalue weighted by atomic mass is 9.98. The van der Waals surface area contributed by atoms with Crippen molar-refractivity contribution in [3.63, 3.8) is 0 Å². The Hall–Kier alpha value is -2.37. The molecule has 26 heavy (non-hydrogen) atoms. The van der Waals surface area contributed by atoms with E-state index < -0.39 is 5.60 Å². The van der Waals surface area contributed by atoms with Gasteiger partial charge >= 0.3 is 6.09 Å². The minimum atomic E-state index is -0.972. The lowest BCUT2D eigenvalue weighted by Gasteiger charge is -2.23. The number of hydrogen-bond acceptors (Lipinski definition) is 4.